The van der Waals surface area contributed by atoms with Gasteiger partial charge in [-0.2, -0.15) is 0 Å². The zero-order valence-corrected chi connectivity index (χ0v) is 12.8. The van der Waals surface area contributed by atoms with E-state index in [9.17, 15) is 4.79 Å². The summed E-state index contributed by atoms with van der Waals surface area (Å²) >= 11 is 5.91. The van der Waals surface area contributed by atoms with Crippen LogP contribution in [0.2, 0.25) is 5.02 Å². The van der Waals surface area contributed by atoms with Crippen LogP contribution >= 0.6 is 11.6 Å². The van der Waals surface area contributed by atoms with Crippen LogP contribution in [0.25, 0.3) is 22.3 Å². The van der Waals surface area contributed by atoms with Crippen molar-refractivity contribution in [2.24, 2.45) is 0 Å². The maximum Gasteiger partial charge on any atom is 0.193 e. The summed E-state index contributed by atoms with van der Waals surface area (Å²) in [5.41, 5.74) is 1.07. The molecule has 4 nitrogen and oxygen atoms in total. The summed E-state index contributed by atoms with van der Waals surface area (Å²) in [6, 6.07) is 11.7. The summed E-state index contributed by atoms with van der Waals surface area (Å²) in [6.07, 6.45) is 0. The van der Waals surface area contributed by atoms with Crippen LogP contribution < -0.4 is 14.9 Å². The Hall–Kier alpha value is -2.46. The van der Waals surface area contributed by atoms with Crippen LogP contribution in [-0.4, -0.2) is 14.2 Å². The number of halogens is 1. The van der Waals surface area contributed by atoms with Gasteiger partial charge in [-0.3, -0.25) is 4.79 Å². The Kier molecular flexibility index (Phi) is 3.77. The summed E-state index contributed by atoms with van der Waals surface area (Å²) in [6.45, 7) is 0. The van der Waals surface area contributed by atoms with Gasteiger partial charge in [-0.05, 0) is 36.4 Å². The van der Waals surface area contributed by atoms with Crippen molar-refractivity contribution in [1.82, 2.24) is 0 Å². The summed E-state index contributed by atoms with van der Waals surface area (Å²) in [5, 5.41) is 0.954. The fourth-order valence-electron chi connectivity index (χ4n) is 2.26. The van der Waals surface area contributed by atoms with Gasteiger partial charge in [0.25, 0.3) is 0 Å². The molecule has 112 valence electrons. The minimum atomic E-state index is -0.145. The first-order valence-corrected chi connectivity index (χ1v) is 6.96. The van der Waals surface area contributed by atoms with Crippen LogP contribution in [0.1, 0.15) is 0 Å². The van der Waals surface area contributed by atoms with Gasteiger partial charge in [0.15, 0.2) is 16.9 Å². The molecule has 0 atom stereocenters. The predicted molar refractivity (Wildman–Crippen MR) is 86.0 cm³/mol. The third kappa shape index (κ3) is 2.53. The molecule has 1 aromatic heterocycles. The number of ether oxygens (including phenoxy) is 2. The summed E-state index contributed by atoms with van der Waals surface area (Å²) in [7, 11) is 3.12. The standard InChI is InChI=1S/C17H13ClO4/c1-20-15-5-3-10(7-17(15)21-2)16-9-13(19)12-8-11(18)4-6-14(12)22-16/h3-9H,1-2H3. The van der Waals surface area contributed by atoms with Crippen LogP contribution in [-0.2, 0) is 0 Å². The molecular weight excluding hydrogens is 304 g/mol. The van der Waals surface area contributed by atoms with Crippen LogP contribution in [0.5, 0.6) is 11.5 Å². The van der Waals surface area contributed by atoms with Gasteiger partial charge in [0.05, 0.1) is 19.6 Å². The van der Waals surface area contributed by atoms with E-state index in [-0.39, 0.29) is 5.43 Å². The summed E-state index contributed by atoms with van der Waals surface area (Å²) in [4.78, 5) is 12.2. The molecule has 0 aliphatic heterocycles. The quantitative estimate of drug-likeness (QED) is 0.729. The Bertz CT molecular complexity index is 899. The van der Waals surface area contributed by atoms with E-state index < -0.39 is 0 Å². The minimum Gasteiger partial charge on any atom is -0.493 e. The van der Waals surface area contributed by atoms with Crippen molar-refractivity contribution in [2.75, 3.05) is 14.2 Å². The van der Waals surface area contributed by atoms with Crippen LogP contribution in [0.4, 0.5) is 0 Å². The minimum absolute atomic E-state index is 0.145. The Morgan fingerprint density at radius 3 is 2.45 bits per heavy atom. The largest absolute Gasteiger partial charge is 0.493 e. The molecule has 0 saturated carbocycles. The first-order valence-electron chi connectivity index (χ1n) is 6.58. The molecule has 0 spiro atoms. The van der Waals surface area contributed by atoms with Crippen molar-refractivity contribution < 1.29 is 13.9 Å². The van der Waals surface area contributed by atoms with Gasteiger partial charge >= 0.3 is 0 Å². The second-order valence-electron chi connectivity index (χ2n) is 4.69. The van der Waals surface area contributed by atoms with E-state index in [1.54, 1.807) is 50.6 Å². The topological polar surface area (TPSA) is 48.7 Å². The van der Waals surface area contributed by atoms with Crippen LogP contribution in [0, 0.1) is 0 Å². The zero-order chi connectivity index (χ0) is 15.7. The van der Waals surface area contributed by atoms with Crippen molar-refractivity contribution in [2.45, 2.75) is 0 Å². The SMILES string of the molecule is COc1ccc(-c2cc(=O)c3cc(Cl)ccc3o2)cc1OC. The van der Waals surface area contributed by atoms with E-state index in [1.807, 2.05) is 0 Å². The molecule has 1 heterocycles. The lowest BCUT2D eigenvalue weighted by Crippen LogP contribution is -2.00. The van der Waals surface area contributed by atoms with Crippen LogP contribution in [0.15, 0.2) is 51.7 Å². The first-order chi connectivity index (χ1) is 10.6. The maximum atomic E-state index is 12.2. The molecule has 3 rings (SSSR count). The van der Waals surface area contributed by atoms with Gasteiger partial charge in [-0.25, -0.2) is 0 Å². The lowest BCUT2D eigenvalue weighted by Gasteiger charge is -2.09. The molecule has 3 aromatic rings. The van der Waals surface area contributed by atoms with Gasteiger partial charge in [0.2, 0.25) is 0 Å². The number of benzene rings is 2. The van der Waals surface area contributed by atoms with E-state index in [0.717, 1.165) is 5.56 Å². The highest BCUT2D eigenvalue weighted by molar-refractivity contribution is 6.31. The zero-order valence-electron chi connectivity index (χ0n) is 12.1. The molecule has 0 aliphatic rings. The van der Waals surface area contributed by atoms with E-state index in [1.165, 1.54) is 6.07 Å². The average Bonchev–Trinajstić information content (AvgIpc) is 2.54. The molecule has 5 heteroatoms. The molecule has 0 saturated heterocycles. The predicted octanol–water partition coefficient (Wildman–Crippen LogP) is 4.13. The van der Waals surface area contributed by atoms with Crippen molar-refractivity contribution >= 4 is 22.6 Å². The molecule has 22 heavy (non-hydrogen) atoms. The van der Waals surface area contributed by atoms with Crippen molar-refractivity contribution in [3.05, 3.63) is 57.7 Å². The Labute approximate surface area is 131 Å². The third-order valence-corrected chi connectivity index (χ3v) is 3.59. The molecule has 0 fully saturated rings. The molecule has 0 N–H and O–H groups in total. The number of methoxy groups -OCH3 is 2. The van der Waals surface area contributed by atoms with Gasteiger partial charge in [-0.1, -0.05) is 11.6 Å². The third-order valence-electron chi connectivity index (χ3n) is 3.36. The summed E-state index contributed by atoms with van der Waals surface area (Å²) < 4.78 is 16.3. The van der Waals surface area contributed by atoms with Gasteiger partial charge in [0, 0.05) is 16.7 Å². The molecule has 0 unspecified atom stereocenters. The molecule has 0 bridgehead atoms. The maximum absolute atomic E-state index is 12.2. The second kappa shape index (κ2) is 5.73. The Morgan fingerprint density at radius 2 is 1.73 bits per heavy atom. The Balaban J connectivity index is 2.18. The monoisotopic (exact) mass is 316 g/mol. The smallest absolute Gasteiger partial charge is 0.193 e. The van der Waals surface area contributed by atoms with Crippen LogP contribution in [0.3, 0.4) is 0 Å². The Morgan fingerprint density at radius 1 is 0.955 bits per heavy atom. The second-order valence-corrected chi connectivity index (χ2v) is 5.12. The highest BCUT2D eigenvalue weighted by Gasteiger charge is 2.11. The van der Waals surface area contributed by atoms with Gasteiger partial charge < -0.3 is 13.9 Å². The fourth-order valence-corrected chi connectivity index (χ4v) is 2.43. The number of hydrogen-bond donors (Lipinski definition) is 0. The molecule has 0 amide bonds. The van der Waals surface area contributed by atoms with E-state index in [0.29, 0.717) is 33.3 Å². The highest BCUT2D eigenvalue weighted by atomic mass is 35.5. The molecule has 2 aromatic carbocycles. The lowest BCUT2D eigenvalue weighted by molar-refractivity contribution is 0.355. The van der Waals surface area contributed by atoms with Gasteiger partial charge in [0.1, 0.15) is 11.3 Å². The van der Waals surface area contributed by atoms with Crippen molar-refractivity contribution in [3.63, 3.8) is 0 Å². The normalized spacial score (nSPS) is 10.7. The lowest BCUT2D eigenvalue weighted by atomic mass is 10.1. The number of fused-ring (bicyclic) bond motifs is 1. The highest BCUT2D eigenvalue weighted by Crippen LogP contribution is 2.32. The van der Waals surface area contributed by atoms with E-state index >= 15 is 0 Å². The van der Waals surface area contributed by atoms with Crippen molar-refractivity contribution in [3.8, 4) is 22.8 Å². The molecule has 0 radical (unpaired) electrons. The fraction of sp³-hybridized carbons (Fsp3) is 0.118. The van der Waals surface area contributed by atoms with Gasteiger partial charge in [-0.15, -0.1) is 0 Å². The number of hydrogen-bond acceptors (Lipinski definition) is 4. The number of rotatable bonds is 3. The van der Waals surface area contributed by atoms with E-state index in [2.05, 4.69) is 0 Å². The molecule has 0 aliphatic carbocycles. The first kappa shape index (κ1) is 14.5. The average molecular weight is 317 g/mol. The molecular formula is C17H13ClO4. The summed E-state index contributed by atoms with van der Waals surface area (Å²) in [5.74, 6) is 1.64. The van der Waals surface area contributed by atoms with Crippen molar-refractivity contribution in [1.29, 1.82) is 0 Å². The van der Waals surface area contributed by atoms with E-state index in [4.69, 9.17) is 25.5 Å².